The van der Waals surface area contributed by atoms with Crippen LogP contribution in [0.25, 0.3) is 0 Å². The molecule has 28 heavy (non-hydrogen) atoms. The summed E-state index contributed by atoms with van der Waals surface area (Å²) in [5.41, 5.74) is 2.67. The van der Waals surface area contributed by atoms with E-state index < -0.39 is 17.9 Å². The minimum atomic E-state index is -1.19. The molecule has 2 rings (SSSR count). The molecule has 0 radical (unpaired) electrons. The number of hydrogen-bond donors (Lipinski definition) is 2. The zero-order chi connectivity index (χ0) is 20.7. The number of H-pyrrole nitrogens is 1. The number of nitrogens with one attached hydrogen (secondary N) is 1. The molecule has 0 spiro atoms. The van der Waals surface area contributed by atoms with Gasteiger partial charge in [-0.2, -0.15) is 0 Å². The number of esters is 2. The molecule has 150 valence electrons. The normalized spacial score (nSPS) is 10.5. The number of hydrogen-bond acceptors (Lipinski definition) is 5. The maximum Gasteiger partial charge on any atom is 0.352 e. The summed E-state index contributed by atoms with van der Waals surface area (Å²) in [5.74, 6) is -2.39. The zero-order valence-corrected chi connectivity index (χ0v) is 16.3. The summed E-state index contributed by atoms with van der Waals surface area (Å²) < 4.78 is 10.0. The Morgan fingerprint density at radius 1 is 1.07 bits per heavy atom. The minimum Gasteiger partial charge on any atom is -0.477 e. The molecule has 0 unspecified atom stereocenters. The molecule has 0 amide bonds. The average molecular weight is 387 g/mol. The van der Waals surface area contributed by atoms with Crippen LogP contribution in [-0.2, 0) is 33.5 Å². The number of benzene rings is 1. The van der Waals surface area contributed by atoms with E-state index in [0.717, 1.165) is 11.1 Å². The average Bonchev–Trinajstić information content (AvgIpc) is 2.99. The van der Waals surface area contributed by atoms with E-state index in [1.807, 2.05) is 31.2 Å². The van der Waals surface area contributed by atoms with Gasteiger partial charge < -0.3 is 19.6 Å². The highest BCUT2D eigenvalue weighted by Gasteiger charge is 2.28. The molecule has 0 atom stereocenters. The molecule has 1 aromatic carbocycles. The fourth-order valence-electron chi connectivity index (χ4n) is 3.10. The highest BCUT2D eigenvalue weighted by molar-refractivity contribution is 5.99. The van der Waals surface area contributed by atoms with Crippen LogP contribution in [0.4, 0.5) is 0 Å². The SMILES string of the molecule is CCOC(=O)Cc1[nH]c(C(=O)O)c(CCc2cccc(C)c2)c1C(=O)OCC. The number of rotatable bonds is 9. The number of carbonyl (C=O) groups is 3. The molecule has 0 aliphatic carbocycles. The van der Waals surface area contributed by atoms with Crippen molar-refractivity contribution in [2.24, 2.45) is 0 Å². The van der Waals surface area contributed by atoms with Crippen LogP contribution in [0.3, 0.4) is 0 Å². The van der Waals surface area contributed by atoms with Gasteiger partial charge in [-0.15, -0.1) is 0 Å². The summed E-state index contributed by atoms with van der Waals surface area (Å²) in [6.45, 7) is 5.65. The van der Waals surface area contributed by atoms with Crippen molar-refractivity contribution in [1.82, 2.24) is 4.98 Å². The highest BCUT2D eigenvalue weighted by Crippen LogP contribution is 2.24. The van der Waals surface area contributed by atoms with E-state index in [2.05, 4.69) is 4.98 Å². The van der Waals surface area contributed by atoms with E-state index in [1.54, 1.807) is 13.8 Å². The van der Waals surface area contributed by atoms with Crippen molar-refractivity contribution in [1.29, 1.82) is 0 Å². The summed E-state index contributed by atoms with van der Waals surface area (Å²) in [5, 5.41) is 9.59. The van der Waals surface area contributed by atoms with Crippen molar-refractivity contribution in [3.63, 3.8) is 0 Å². The standard InChI is InChI=1S/C21H25NO6/c1-4-27-17(23)12-16-18(21(26)28-5-2)15(19(22-16)20(24)25)10-9-14-8-6-7-13(3)11-14/h6-8,11,22H,4-5,9-10,12H2,1-3H3,(H,24,25). The Morgan fingerprint density at radius 3 is 2.39 bits per heavy atom. The predicted octanol–water partition coefficient (Wildman–Crippen LogP) is 3.09. The van der Waals surface area contributed by atoms with Crippen LogP contribution in [0.2, 0.25) is 0 Å². The number of aromatic carboxylic acids is 1. The number of aromatic amines is 1. The van der Waals surface area contributed by atoms with Crippen LogP contribution in [-0.4, -0.2) is 41.2 Å². The molecule has 7 nitrogen and oxygen atoms in total. The lowest BCUT2D eigenvalue weighted by Crippen LogP contribution is -2.14. The molecule has 7 heteroatoms. The molecule has 0 aliphatic rings. The molecule has 0 bridgehead atoms. The molecular formula is C21H25NO6. The van der Waals surface area contributed by atoms with Crippen LogP contribution in [0.15, 0.2) is 24.3 Å². The van der Waals surface area contributed by atoms with Crippen LogP contribution in [0.5, 0.6) is 0 Å². The molecule has 0 saturated heterocycles. The first kappa shape index (κ1) is 21.2. The minimum absolute atomic E-state index is 0.102. The van der Waals surface area contributed by atoms with Crippen LogP contribution < -0.4 is 0 Å². The highest BCUT2D eigenvalue weighted by atomic mass is 16.5. The summed E-state index contributed by atoms with van der Waals surface area (Å²) in [6.07, 6.45) is 0.635. The third-order valence-electron chi connectivity index (χ3n) is 4.25. The lowest BCUT2D eigenvalue weighted by Gasteiger charge is -2.08. The maximum absolute atomic E-state index is 12.5. The third-order valence-corrected chi connectivity index (χ3v) is 4.25. The Balaban J connectivity index is 2.43. The second kappa shape index (κ2) is 9.73. The number of carboxylic acid groups (broad SMARTS) is 1. The van der Waals surface area contributed by atoms with E-state index >= 15 is 0 Å². The Labute approximate surface area is 163 Å². The lowest BCUT2D eigenvalue weighted by molar-refractivity contribution is -0.142. The molecule has 0 fully saturated rings. The van der Waals surface area contributed by atoms with Gasteiger partial charge in [-0.1, -0.05) is 29.8 Å². The van der Waals surface area contributed by atoms with E-state index in [9.17, 15) is 19.5 Å². The monoisotopic (exact) mass is 387 g/mol. The van der Waals surface area contributed by atoms with Crippen LogP contribution in [0.1, 0.15) is 57.1 Å². The van der Waals surface area contributed by atoms with Gasteiger partial charge in [0.2, 0.25) is 0 Å². The van der Waals surface area contributed by atoms with Crippen molar-refractivity contribution >= 4 is 17.9 Å². The second-order valence-corrected chi connectivity index (χ2v) is 6.33. The molecule has 0 saturated carbocycles. The summed E-state index contributed by atoms with van der Waals surface area (Å²) >= 11 is 0. The van der Waals surface area contributed by atoms with Crippen LogP contribution in [0, 0.1) is 6.92 Å². The largest absolute Gasteiger partial charge is 0.477 e. The van der Waals surface area contributed by atoms with Gasteiger partial charge in [0.25, 0.3) is 0 Å². The molecular weight excluding hydrogens is 362 g/mol. The van der Waals surface area contributed by atoms with Gasteiger partial charge in [-0.3, -0.25) is 4.79 Å². The zero-order valence-electron chi connectivity index (χ0n) is 16.3. The fourth-order valence-corrected chi connectivity index (χ4v) is 3.10. The van der Waals surface area contributed by atoms with Gasteiger partial charge in [0.15, 0.2) is 0 Å². The van der Waals surface area contributed by atoms with Gasteiger partial charge in [-0.05, 0) is 44.7 Å². The number of carboxylic acids is 1. The van der Waals surface area contributed by atoms with E-state index in [1.165, 1.54) is 0 Å². The number of ether oxygens (including phenoxy) is 2. The predicted molar refractivity (Wildman–Crippen MR) is 103 cm³/mol. The first-order valence-corrected chi connectivity index (χ1v) is 9.22. The van der Waals surface area contributed by atoms with E-state index in [0.29, 0.717) is 18.4 Å². The van der Waals surface area contributed by atoms with Gasteiger partial charge >= 0.3 is 17.9 Å². The topological polar surface area (TPSA) is 106 Å². The van der Waals surface area contributed by atoms with Crippen molar-refractivity contribution in [3.05, 3.63) is 57.9 Å². The lowest BCUT2D eigenvalue weighted by atomic mass is 9.98. The quantitative estimate of drug-likeness (QED) is 0.641. The fraction of sp³-hybridized carbons (Fsp3) is 0.381. The maximum atomic E-state index is 12.5. The molecule has 1 aromatic heterocycles. The van der Waals surface area contributed by atoms with Gasteiger partial charge in [-0.25, -0.2) is 9.59 Å². The van der Waals surface area contributed by atoms with Gasteiger partial charge in [0.05, 0.1) is 25.2 Å². The summed E-state index contributed by atoms with van der Waals surface area (Å²) in [4.78, 5) is 38.9. The Hall–Kier alpha value is -3.09. The Bertz CT molecular complexity index is 868. The summed E-state index contributed by atoms with van der Waals surface area (Å²) in [6, 6.07) is 7.86. The van der Waals surface area contributed by atoms with E-state index in [4.69, 9.17) is 9.47 Å². The molecule has 2 aromatic rings. The molecule has 1 heterocycles. The molecule has 2 N–H and O–H groups in total. The van der Waals surface area contributed by atoms with Crippen LogP contribution >= 0.6 is 0 Å². The Morgan fingerprint density at radius 2 is 1.79 bits per heavy atom. The number of carbonyl (C=O) groups excluding carboxylic acids is 2. The van der Waals surface area contributed by atoms with Crippen molar-refractivity contribution < 1.29 is 29.0 Å². The van der Waals surface area contributed by atoms with Gasteiger partial charge in [0.1, 0.15) is 5.69 Å². The second-order valence-electron chi connectivity index (χ2n) is 6.33. The number of aromatic nitrogens is 1. The smallest absolute Gasteiger partial charge is 0.352 e. The first-order chi connectivity index (χ1) is 13.4. The van der Waals surface area contributed by atoms with Crippen molar-refractivity contribution in [2.75, 3.05) is 13.2 Å². The third kappa shape index (κ3) is 5.22. The van der Waals surface area contributed by atoms with Crippen molar-refractivity contribution in [3.8, 4) is 0 Å². The van der Waals surface area contributed by atoms with E-state index in [-0.39, 0.29) is 36.6 Å². The summed E-state index contributed by atoms with van der Waals surface area (Å²) in [7, 11) is 0. The first-order valence-electron chi connectivity index (χ1n) is 9.22. The number of aryl methyl sites for hydroxylation is 2. The van der Waals surface area contributed by atoms with Crippen molar-refractivity contribution in [2.45, 2.75) is 40.0 Å². The molecule has 0 aliphatic heterocycles. The van der Waals surface area contributed by atoms with Gasteiger partial charge in [0, 0.05) is 5.69 Å². The Kier molecular flexibility index (Phi) is 7.37.